The van der Waals surface area contributed by atoms with Crippen LogP contribution in [0.2, 0.25) is 0 Å². The van der Waals surface area contributed by atoms with Gasteiger partial charge in [-0.15, -0.1) is 0 Å². The minimum Gasteiger partial charge on any atom is -0.288 e. The number of hydrogen-bond acceptors (Lipinski definition) is 2. The molecule has 0 radical (unpaired) electrons. The summed E-state index contributed by atoms with van der Waals surface area (Å²) in [4.78, 5) is 16.9. The van der Waals surface area contributed by atoms with Crippen LogP contribution in [0.25, 0.3) is 10.9 Å². The smallest absolute Gasteiger partial charge is 0.197 e. The fourth-order valence-corrected chi connectivity index (χ4v) is 2.75. The molecule has 0 N–H and O–H groups in total. The van der Waals surface area contributed by atoms with Crippen LogP contribution in [0.5, 0.6) is 0 Å². The third-order valence-electron chi connectivity index (χ3n) is 3.28. The van der Waals surface area contributed by atoms with Gasteiger partial charge in [0.25, 0.3) is 0 Å². The summed E-state index contributed by atoms with van der Waals surface area (Å²) in [6.45, 7) is 1.91. The van der Waals surface area contributed by atoms with E-state index in [4.69, 9.17) is 0 Å². The van der Waals surface area contributed by atoms with Crippen molar-refractivity contribution in [3.8, 4) is 0 Å². The number of pyridine rings is 1. The Morgan fingerprint density at radius 1 is 1.14 bits per heavy atom. The molecule has 4 heteroatoms. The molecule has 0 aliphatic carbocycles. The summed E-state index contributed by atoms with van der Waals surface area (Å²) in [5.74, 6) is -0.876. The van der Waals surface area contributed by atoms with Crippen LogP contribution < -0.4 is 0 Å². The topological polar surface area (TPSA) is 30.0 Å². The number of hydrogen-bond donors (Lipinski definition) is 0. The highest BCUT2D eigenvalue weighted by Gasteiger charge is 2.17. The maximum absolute atomic E-state index is 13.9. The second-order valence-corrected chi connectivity index (χ2v) is 5.64. The third-order valence-corrected chi connectivity index (χ3v) is 3.94. The monoisotopic (exact) mass is 343 g/mol. The lowest BCUT2D eigenvalue weighted by Crippen LogP contribution is -2.05. The molecule has 104 valence electrons. The van der Waals surface area contributed by atoms with Crippen molar-refractivity contribution >= 4 is 32.6 Å². The first-order chi connectivity index (χ1) is 10.1. The first-order valence-electron chi connectivity index (χ1n) is 6.42. The molecule has 2 aromatic carbocycles. The van der Waals surface area contributed by atoms with E-state index < -0.39 is 5.82 Å². The predicted octanol–water partition coefficient (Wildman–Crippen LogP) is 4.68. The van der Waals surface area contributed by atoms with Gasteiger partial charge in [0.05, 0.1) is 11.1 Å². The van der Waals surface area contributed by atoms with Gasteiger partial charge in [-0.05, 0) is 59.3 Å². The lowest BCUT2D eigenvalue weighted by molar-refractivity contribution is 0.103. The average Bonchev–Trinajstić information content (AvgIpc) is 2.46. The van der Waals surface area contributed by atoms with Crippen LogP contribution in [0.3, 0.4) is 0 Å². The van der Waals surface area contributed by atoms with E-state index in [1.54, 1.807) is 30.3 Å². The number of aromatic nitrogens is 1. The Morgan fingerprint density at radius 3 is 2.71 bits per heavy atom. The molecular formula is C17H11BrFNO. The molecule has 0 saturated carbocycles. The number of ketones is 1. The Morgan fingerprint density at radius 2 is 1.95 bits per heavy atom. The molecule has 1 aromatic heterocycles. The summed E-state index contributed by atoms with van der Waals surface area (Å²) in [6.07, 6.45) is 0. The Balaban J connectivity index is 2.12. The highest BCUT2D eigenvalue weighted by Crippen LogP contribution is 2.24. The van der Waals surface area contributed by atoms with Crippen LogP contribution in [-0.4, -0.2) is 10.8 Å². The number of aryl methyl sites for hydroxylation is 1. The van der Waals surface area contributed by atoms with Gasteiger partial charge in [-0.25, -0.2) is 4.39 Å². The summed E-state index contributed by atoms with van der Waals surface area (Å²) >= 11 is 3.23. The molecule has 3 aromatic rings. The van der Waals surface area contributed by atoms with Crippen molar-refractivity contribution in [2.45, 2.75) is 6.92 Å². The third kappa shape index (κ3) is 2.59. The normalized spacial score (nSPS) is 10.8. The zero-order chi connectivity index (χ0) is 15.0. The molecule has 0 fully saturated rings. The van der Waals surface area contributed by atoms with Crippen LogP contribution in [0.4, 0.5) is 4.39 Å². The molecule has 0 unspecified atom stereocenters. The highest BCUT2D eigenvalue weighted by atomic mass is 79.9. The Kier molecular flexibility index (Phi) is 3.55. The number of carbonyl (C=O) groups excluding carboxylic acids is 1. The minimum absolute atomic E-state index is 0.0527. The van der Waals surface area contributed by atoms with Crippen molar-refractivity contribution in [3.05, 3.63) is 75.6 Å². The lowest BCUT2D eigenvalue weighted by atomic mass is 10.0. The first kappa shape index (κ1) is 13.9. The SMILES string of the molecule is Cc1ccc2cc(C(=O)c3c(F)cccc3Br)ccc2n1. The van der Waals surface area contributed by atoms with Gasteiger partial charge in [-0.1, -0.05) is 12.1 Å². The zero-order valence-corrected chi connectivity index (χ0v) is 12.8. The first-order valence-corrected chi connectivity index (χ1v) is 7.22. The molecule has 0 aliphatic rings. The highest BCUT2D eigenvalue weighted by molar-refractivity contribution is 9.10. The summed E-state index contributed by atoms with van der Waals surface area (Å²) in [5, 5.41) is 0.860. The predicted molar refractivity (Wildman–Crippen MR) is 84.0 cm³/mol. The summed E-state index contributed by atoms with van der Waals surface area (Å²) in [7, 11) is 0. The van der Waals surface area contributed by atoms with Gasteiger partial charge >= 0.3 is 0 Å². The molecule has 0 amide bonds. The number of rotatable bonds is 2. The number of carbonyl (C=O) groups is 1. The second kappa shape index (κ2) is 5.37. The molecular weight excluding hydrogens is 333 g/mol. The Hall–Kier alpha value is -2.07. The van der Waals surface area contributed by atoms with E-state index in [1.807, 2.05) is 19.1 Å². The van der Waals surface area contributed by atoms with Crippen LogP contribution in [-0.2, 0) is 0 Å². The minimum atomic E-state index is -0.531. The Labute approximate surface area is 129 Å². The fraction of sp³-hybridized carbons (Fsp3) is 0.0588. The average molecular weight is 344 g/mol. The van der Waals surface area contributed by atoms with Gasteiger partial charge < -0.3 is 0 Å². The van der Waals surface area contributed by atoms with E-state index in [2.05, 4.69) is 20.9 Å². The van der Waals surface area contributed by atoms with Crippen molar-refractivity contribution in [1.29, 1.82) is 0 Å². The van der Waals surface area contributed by atoms with Crippen molar-refractivity contribution in [1.82, 2.24) is 4.98 Å². The maximum atomic E-state index is 13.9. The molecule has 3 rings (SSSR count). The molecule has 0 aliphatic heterocycles. The quantitative estimate of drug-likeness (QED) is 0.632. The van der Waals surface area contributed by atoms with Crippen molar-refractivity contribution in [2.24, 2.45) is 0 Å². The van der Waals surface area contributed by atoms with E-state index >= 15 is 0 Å². The molecule has 0 atom stereocenters. The van der Waals surface area contributed by atoms with E-state index in [9.17, 15) is 9.18 Å². The molecule has 21 heavy (non-hydrogen) atoms. The van der Waals surface area contributed by atoms with Crippen molar-refractivity contribution in [3.63, 3.8) is 0 Å². The molecule has 1 heterocycles. The number of fused-ring (bicyclic) bond motifs is 1. The van der Waals surface area contributed by atoms with Gasteiger partial charge in [0.15, 0.2) is 5.78 Å². The van der Waals surface area contributed by atoms with E-state index in [1.165, 1.54) is 6.07 Å². The maximum Gasteiger partial charge on any atom is 0.197 e. The van der Waals surface area contributed by atoms with Crippen molar-refractivity contribution in [2.75, 3.05) is 0 Å². The van der Waals surface area contributed by atoms with Gasteiger partial charge in [0.2, 0.25) is 0 Å². The summed E-state index contributed by atoms with van der Waals surface area (Å²) in [5.41, 5.74) is 2.23. The molecule has 0 spiro atoms. The second-order valence-electron chi connectivity index (χ2n) is 4.79. The fourth-order valence-electron chi connectivity index (χ4n) is 2.23. The van der Waals surface area contributed by atoms with Crippen molar-refractivity contribution < 1.29 is 9.18 Å². The van der Waals surface area contributed by atoms with Crippen LogP contribution in [0.1, 0.15) is 21.6 Å². The van der Waals surface area contributed by atoms with Gasteiger partial charge in [0.1, 0.15) is 5.82 Å². The standard InChI is InChI=1S/C17H11BrFNO/c1-10-5-6-11-9-12(7-8-15(11)20-10)17(21)16-13(18)3-2-4-14(16)19/h2-9H,1H3. The van der Waals surface area contributed by atoms with Gasteiger partial charge in [-0.2, -0.15) is 0 Å². The van der Waals surface area contributed by atoms with Gasteiger partial charge in [-0.3, -0.25) is 9.78 Å². The van der Waals surface area contributed by atoms with Crippen LogP contribution >= 0.6 is 15.9 Å². The molecule has 0 bridgehead atoms. The largest absolute Gasteiger partial charge is 0.288 e. The summed E-state index contributed by atoms with van der Waals surface area (Å²) < 4.78 is 14.3. The summed E-state index contributed by atoms with van der Waals surface area (Å²) in [6, 6.07) is 13.5. The molecule has 0 saturated heterocycles. The molecule has 2 nitrogen and oxygen atoms in total. The number of nitrogens with zero attached hydrogens (tertiary/aromatic N) is 1. The van der Waals surface area contributed by atoms with Crippen LogP contribution in [0, 0.1) is 12.7 Å². The Bertz CT molecular complexity index is 840. The van der Waals surface area contributed by atoms with Gasteiger partial charge in [0, 0.05) is 21.1 Å². The number of halogens is 2. The van der Waals surface area contributed by atoms with Crippen LogP contribution in [0.15, 0.2) is 53.0 Å². The van der Waals surface area contributed by atoms with E-state index in [0.717, 1.165) is 16.6 Å². The zero-order valence-electron chi connectivity index (χ0n) is 11.2. The number of benzene rings is 2. The lowest BCUT2D eigenvalue weighted by Gasteiger charge is -2.06. The van der Waals surface area contributed by atoms with E-state index in [0.29, 0.717) is 10.0 Å². The van der Waals surface area contributed by atoms with E-state index in [-0.39, 0.29) is 11.3 Å².